The number of nitrogens with zero attached hydrogens (tertiary/aromatic N) is 3. The molecule has 1 amide bonds. The SMILES string of the molecule is CC(NC(=O)CN1CC(n2cccn2)C1)c1ccc2ccccc2c1. The van der Waals surface area contributed by atoms with Gasteiger partial charge < -0.3 is 5.32 Å². The third kappa shape index (κ3) is 3.42. The van der Waals surface area contributed by atoms with Crippen molar-refractivity contribution in [2.45, 2.75) is 19.0 Å². The molecule has 1 aliphatic heterocycles. The minimum atomic E-state index is 0.000273. The Bertz CT molecular complexity index is 868. The van der Waals surface area contributed by atoms with Crippen LogP contribution in [0.5, 0.6) is 0 Å². The van der Waals surface area contributed by atoms with Crippen molar-refractivity contribution in [3.8, 4) is 0 Å². The smallest absolute Gasteiger partial charge is 0.234 e. The predicted octanol–water partition coefficient (Wildman–Crippen LogP) is 2.77. The average molecular weight is 334 g/mol. The normalized spacial score (nSPS) is 16.5. The molecule has 1 fully saturated rings. The molecule has 1 unspecified atom stereocenters. The van der Waals surface area contributed by atoms with E-state index < -0.39 is 0 Å². The summed E-state index contributed by atoms with van der Waals surface area (Å²) in [5.41, 5.74) is 1.13. The van der Waals surface area contributed by atoms with E-state index in [1.165, 1.54) is 10.8 Å². The highest BCUT2D eigenvalue weighted by atomic mass is 16.2. The van der Waals surface area contributed by atoms with Crippen molar-refractivity contribution in [2.75, 3.05) is 19.6 Å². The Morgan fingerprint density at radius 3 is 2.76 bits per heavy atom. The zero-order valence-electron chi connectivity index (χ0n) is 14.3. The molecule has 0 saturated carbocycles. The molecule has 25 heavy (non-hydrogen) atoms. The topological polar surface area (TPSA) is 50.2 Å². The molecule has 2 heterocycles. The lowest BCUT2D eigenvalue weighted by atomic mass is 10.0. The van der Waals surface area contributed by atoms with Crippen LogP contribution in [-0.4, -0.2) is 40.2 Å². The second-order valence-electron chi connectivity index (χ2n) is 6.73. The zero-order chi connectivity index (χ0) is 17.2. The van der Waals surface area contributed by atoms with Crippen LogP contribution in [0.4, 0.5) is 0 Å². The second-order valence-corrected chi connectivity index (χ2v) is 6.73. The van der Waals surface area contributed by atoms with Gasteiger partial charge in [0.05, 0.1) is 18.6 Å². The number of benzene rings is 2. The van der Waals surface area contributed by atoms with Gasteiger partial charge in [-0.05, 0) is 35.4 Å². The maximum absolute atomic E-state index is 12.3. The van der Waals surface area contributed by atoms with Gasteiger partial charge in [0.15, 0.2) is 0 Å². The molecule has 0 aliphatic carbocycles. The second kappa shape index (κ2) is 6.69. The van der Waals surface area contributed by atoms with Gasteiger partial charge >= 0.3 is 0 Å². The summed E-state index contributed by atoms with van der Waals surface area (Å²) in [6, 6.07) is 16.9. The van der Waals surface area contributed by atoms with E-state index in [1.807, 2.05) is 36.0 Å². The first kappa shape index (κ1) is 15.8. The molecule has 0 spiro atoms. The summed E-state index contributed by atoms with van der Waals surface area (Å²) in [7, 11) is 0. The Balaban J connectivity index is 1.31. The highest BCUT2D eigenvalue weighted by Crippen LogP contribution is 2.21. The fraction of sp³-hybridized carbons (Fsp3) is 0.300. The van der Waals surface area contributed by atoms with E-state index in [1.54, 1.807) is 6.20 Å². The van der Waals surface area contributed by atoms with Crippen molar-refractivity contribution in [1.29, 1.82) is 0 Å². The molecular weight excluding hydrogens is 312 g/mol. The first-order chi connectivity index (χ1) is 12.2. The van der Waals surface area contributed by atoms with Crippen molar-refractivity contribution in [3.05, 3.63) is 66.5 Å². The molecule has 2 aromatic carbocycles. The van der Waals surface area contributed by atoms with E-state index in [4.69, 9.17) is 0 Å². The number of fused-ring (bicyclic) bond motifs is 1. The van der Waals surface area contributed by atoms with Crippen LogP contribution in [0.25, 0.3) is 10.8 Å². The number of likely N-dealkylation sites (tertiary alicyclic amines) is 1. The van der Waals surface area contributed by atoms with Crippen LogP contribution >= 0.6 is 0 Å². The van der Waals surface area contributed by atoms with E-state index in [2.05, 4.69) is 45.6 Å². The molecule has 5 heteroatoms. The van der Waals surface area contributed by atoms with E-state index in [-0.39, 0.29) is 11.9 Å². The number of hydrogen-bond donors (Lipinski definition) is 1. The molecule has 128 valence electrons. The molecule has 5 nitrogen and oxygen atoms in total. The van der Waals surface area contributed by atoms with Gasteiger partial charge in [0, 0.05) is 25.5 Å². The zero-order valence-corrected chi connectivity index (χ0v) is 14.3. The number of rotatable bonds is 5. The molecule has 0 bridgehead atoms. The quantitative estimate of drug-likeness (QED) is 0.780. The standard InChI is InChI=1S/C20H22N4O/c1-15(17-8-7-16-5-2-3-6-18(16)11-17)22-20(25)14-23-12-19(13-23)24-10-4-9-21-24/h2-11,15,19H,12-14H2,1H3,(H,22,25). The average Bonchev–Trinajstić information content (AvgIpc) is 3.11. The largest absolute Gasteiger partial charge is 0.348 e. The van der Waals surface area contributed by atoms with Gasteiger partial charge in [0.25, 0.3) is 0 Å². The molecule has 4 rings (SSSR count). The molecule has 1 atom stereocenters. The maximum Gasteiger partial charge on any atom is 0.234 e. The number of hydrogen-bond acceptors (Lipinski definition) is 3. The summed E-state index contributed by atoms with van der Waals surface area (Å²) in [4.78, 5) is 14.5. The van der Waals surface area contributed by atoms with Gasteiger partial charge in [-0.15, -0.1) is 0 Å². The predicted molar refractivity (Wildman–Crippen MR) is 98.2 cm³/mol. The van der Waals surface area contributed by atoms with Crippen LogP contribution in [0, 0.1) is 0 Å². The van der Waals surface area contributed by atoms with Gasteiger partial charge in [0.1, 0.15) is 0 Å². The number of amides is 1. The van der Waals surface area contributed by atoms with Crippen molar-refractivity contribution < 1.29 is 4.79 Å². The Morgan fingerprint density at radius 1 is 1.20 bits per heavy atom. The van der Waals surface area contributed by atoms with Crippen molar-refractivity contribution >= 4 is 16.7 Å². The molecule has 1 aliphatic rings. The maximum atomic E-state index is 12.3. The third-order valence-electron chi connectivity index (χ3n) is 4.86. The molecule has 1 aromatic heterocycles. The van der Waals surface area contributed by atoms with E-state index in [0.717, 1.165) is 18.7 Å². The van der Waals surface area contributed by atoms with Gasteiger partial charge in [0.2, 0.25) is 5.91 Å². The van der Waals surface area contributed by atoms with Crippen LogP contribution in [0.15, 0.2) is 60.9 Å². The lowest BCUT2D eigenvalue weighted by molar-refractivity contribution is -0.124. The summed E-state index contributed by atoms with van der Waals surface area (Å²) in [6.45, 7) is 4.22. The first-order valence-electron chi connectivity index (χ1n) is 8.68. The molecule has 0 radical (unpaired) electrons. The summed E-state index contributed by atoms with van der Waals surface area (Å²) in [6.07, 6.45) is 3.77. The molecular formula is C20H22N4O. The van der Waals surface area contributed by atoms with Crippen LogP contribution in [0.3, 0.4) is 0 Å². The van der Waals surface area contributed by atoms with Crippen molar-refractivity contribution in [2.24, 2.45) is 0 Å². The summed E-state index contributed by atoms with van der Waals surface area (Å²) in [5.74, 6) is 0.0690. The monoisotopic (exact) mass is 334 g/mol. The fourth-order valence-electron chi connectivity index (χ4n) is 3.39. The highest BCUT2D eigenvalue weighted by Gasteiger charge is 2.29. The van der Waals surface area contributed by atoms with Crippen molar-refractivity contribution in [1.82, 2.24) is 20.0 Å². The van der Waals surface area contributed by atoms with Gasteiger partial charge in [-0.25, -0.2) is 0 Å². The Morgan fingerprint density at radius 2 is 2.00 bits per heavy atom. The fourth-order valence-corrected chi connectivity index (χ4v) is 3.39. The van der Waals surface area contributed by atoms with E-state index in [0.29, 0.717) is 12.6 Å². The highest BCUT2D eigenvalue weighted by molar-refractivity contribution is 5.83. The molecule has 1 N–H and O–H groups in total. The van der Waals surface area contributed by atoms with E-state index >= 15 is 0 Å². The van der Waals surface area contributed by atoms with Crippen LogP contribution in [0.1, 0.15) is 24.6 Å². The minimum Gasteiger partial charge on any atom is -0.348 e. The summed E-state index contributed by atoms with van der Waals surface area (Å²) < 4.78 is 1.96. The first-order valence-corrected chi connectivity index (χ1v) is 8.68. The lowest BCUT2D eigenvalue weighted by Crippen LogP contribution is -2.51. The van der Waals surface area contributed by atoms with Gasteiger partial charge in [-0.2, -0.15) is 5.10 Å². The molecule has 3 aromatic rings. The van der Waals surface area contributed by atoms with Crippen LogP contribution in [-0.2, 0) is 4.79 Å². The Hall–Kier alpha value is -2.66. The van der Waals surface area contributed by atoms with Crippen LogP contribution < -0.4 is 5.32 Å². The summed E-state index contributed by atoms with van der Waals surface area (Å²) in [5, 5.41) is 9.78. The number of carbonyl (C=O) groups excluding carboxylic acids is 1. The third-order valence-corrected chi connectivity index (χ3v) is 4.86. The lowest BCUT2D eigenvalue weighted by Gasteiger charge is -2.38. The number of nitrogens with one attached hydrogen (secondary N) is 1. The minimum absolute atomic E-state index is 0.000273. The van der Waals surface area contributed by atoms with Crippen LogP contribution in [0.2, 0.25) is 0 Å². The Labute approximate surface area is 147 Å². The number of aromatic nitrogens is 2. The Kier molecular flexibility index (Phi) is 4.24. The van der Waals surface area contributed by atoms with Gasteiger partial charge in [-0.3, -0.25) is 14.4 Å². The number of carbonyl (C=O) groups is 1. The van der Waals surface area contributed by atoms with E-state index in [9.17, 15) is 4.79 Å². The molecule has 1 saturated heterocycles. The van der Waals surface area contributed by atoms with Gasteiger partial charge in [-0.1, -0.05) is 36.4 Å². The summed E-state index contributed by atoms with van der Waals surface area (Å²) >= 11 is 0. The van der Waals surface area contributed by atoms with Crippen molar-refractivity contribution in [3.63, 3.8) is 0 Å².